The largest absolute Gasteiger partial charge is 0.388 e. The average molecular weight is 281 g/mol. The highest BCUT2D eigenvalue weighted by atomic mass is 32.2. The molecule has 1 N–H and O–H groups in total. The van der Waals surface area contributed by atoms with Crippen molar-refractivity contribution in [2.75, 3.05) is 25.5 Å². The van der Waals surface area contributed by atoms with Crippen LogP contribution in [0.2, 0.25) is 0 Å². The van der Waals surface area contributed by atoms with Crippen LogP contribution in [0.4, 0.5) is 5.69 Å². The van der Waals surface area contributed by atoms with Gasteiger partial charge in [0.2, 0.25) is 0 Å². The molecular formula is C13H19N3O2S. The third-order valence-electron chi connectivity index (χ3n) is 3.24. The summed E-state index contributed by atoms with van der Waals surface area (Å²) in [6.45, 7) is 3.70. The first kappa shape index (κ1) is 13.9. The monoisotopic (exact) mass is 281 g/mol. The topological polar surface area (TPSA) is 61.8 Å². The fourth-order valence-electron chi connectivity index (χ4n) is 2.14. The number of hydrogen-bond acceptors (Lipinski definition) is 3. The number of benzene rings is 1. The predicted molar refractivity (Wildman–Crippen MR) is 77.1 cm³/mol. The number of nitrogens with one attached hydrogen (secondary N) is 1. The van der Waals surface area contributed by atoms with Gasteiger partial charge in [-0.3, -0.25) is 0 Å². The van der Waals surface area contributed by atoms with Crippen LogP contribution in [0.1, 0.15) is 19.8 Å². The lowest BCUT2D eigenvalue weighted by Gasteiger charge is -2.15. The van der Waals surface area contributed by atoms with E-state index in [0.717, 1.165) is 31.6 Å². The van der Waals surface area contributed by atoms with E-state index in [1.54, 1.807) is 31.3 Å². The summed E-state index contributed by atoms with van der Waals surface area (Å²) < 4.78 is 28.4. The van der Waals surface area contributed by atoms with Gasteiger partial charge in [0, 0.05) is 32.2 Å². The second-order valence-corrected chi connectivity index (χ2v) is 6.04. The zero-order valence-electron chi connectivity index (χ0n) is 11.3. The molecule has 19 heavy (non-hydrogen) atoms. The quantitative estimate of drug-likeness (QED) is 0.916. The second kappa shape index (κ2) is 5.61. The standard InChI is InChI=1S/C13H19N3O2S/c1-3-16-10-4-5-13(16)15-19(17,18)12-8-6-11(14-2)7-9-12/h6-9,14H,3-5,10H2,1-2H3/b15-13-. The normalized spacial score (nSPS) is 18.0. The molecule has 0 bridgehead atoms. The molecule has 1 saturated heterocycles. The molecule has 0 amide bonds. The smallest absolute Gasteiger partial charge is 0.283 e. The number of likely N-dealkylation sites (tertiary alicyclic amines) is 1. The summed E-state index contributed by atoms with van der Waals surface area (Å²) in [6, 6.07) is 6.63. The number of hydrogen-bond donors (Lipinski definition) is 1. The first-order chi connectivity index (χ1) is 9.06. The summed E-state index contributed by atoms with van der Waals surface area (Å²) in [6.07, 6.45) is 1.71. The molecule has 1 aliphatic heterocycles. The Labute approximate surface area is 114 Å². The van der Waals surface area contributed by atoms with E-state index in [4.69, 9.17) is 0 Å². The molecule has 5 nitrogen and oxygen atoms in total. The van der Waals surface area contributed by atoms with E-state index >= 15 is 0 Å². The Balaban J connectivity index is 2.29. The van der Waals surface area contributed by atoms with E-state index in [2.05, 4.69) is 9.71 Å². The molecule has 2 rings (SSSR count). The van der Waals surface area contributed by atoms with Gasteiger partial charge < -0.3 is 10.2 Å². The van der Waals surface area contributed by atoms with Crippen LogP contribution in [0.15, 0.2) is 33.6 Å². The highest BCUT2D eigenvalue weighted by molar-refractivity contribution is 7.90. The van der Waals surface area contributed by atoms with Crippen LogP contribution < -0.4 is 5.32 Å². The van der Waals surface area contributed by atoms with E-state index in [9.17, 15) is 8.42 Å². The Kier molecular flexibility index (Phi) is 4.09. The number of sulfonamides is 1. The molecule has 0 unspecified atom stereocenters. The molecule has 0 atom stereocenters. The minimum atomic E-state index is -3.59. The lowest BCUT2D eigenvalue weighted by atomic mass is 10.3. The van der Waals surface area contributed by atoms with Crippen LogP contribution in [0, 0.1) is 0 Å². The van der Waals surface area contributed by atoms with Crippen LogP contribution >= 0.6 is 0 Å². The number of anilines is 1. The summed E-state index contributed by atoms with van der Waals surface area (Å²) in [7, 11) is -1.80. The van der Waals surface area contributed by atoms with Gasteiger partial charge in [-0.25, -0.2) is 0 Å². The minimum Gasteiger partial charge on any atom is -0.388 e. The second-order valence-electron chi connectivity index (χ2n) is 4.44. The fraction of sp³-hybridized carbons (Fsp3) is 0.462. The maximum absolute atomic E-state index is 12.2. The zero-order chi connectivity index (χ0) is 13.9. The molecule has 1 aliphatic rings. The summed E-state index contributed by atoms with van der Waals surface area (Å²) in [4.78, 5) is 2.25. The van der Waals surface area contributed by atoms with Crippen molar-refractivity contribution in [2.45, 2.75) is 24.7 Å². The summed E-state index contributed by atoms with van der Waals surface area (Å²) >= 11 is 0. The van der Waals surface area contributed by atoms with Crippen LogP contribution in [-0.2, 0) is 10.0 Å². The Hall–Kier alpha value is -1.56. The Morgan fingerprint density at radius 2 is 2.00 bits per heavy atom. The van der Waals surface area contributed by atoms with Crippen LogP contribution in [0.5, 0.6) is 0 Å². The van der Waals surface area contributed by atoms with Gasteiger partial charge in [0.1, 0.15) is 5.84 Å². The molecule has 6 heteroatoms. The van der Waals surface area contributed by atoms with Gasteiger partial charge in [-0.15, -0.1) is 4.40 Å². The van der Waals surface area contributed by atoms with Crippen molar-refractivity contribution in [3.63, 3.8) is 0 Å². The third-order valence-corrected chi connectivity index (χ3v) is 4.56. The summed E-state index contributed by atoms with van der Waals surface area (Å²) in [5.41, 5.74) is 0.877. The maximum Gasteiger partial charge on any atom is 0.283 e. The average Bonchev–Trinajstić information content (AvgIpc) is 2.85. The van der Waals surface area contributed by atoms with Crippen molar-refractivity contribution in [3.8, 4) is 0 Å². The Bertz CT molecular complexity index is 564. The van der Waals surface area contributed by atoms with Crippen molar-refractivity contribution in [1.29, 1.82) is 0 Å². The van der Waals surface area contributed by atoms with Gasteiger partial charge in [-0.1, -0.05) is 0 Å². The zero-order valence-corrected chi connectivity index (χ0v) is 12.1. The molecule has 1 fully saturated rings. The van der Waals surface area contributed by atoms with Crippen molar-refractivity contribution in [1.82, 2.24) is 4.90 Å². The van der Waals surface area contributed by atoms with E-state index < -0.39 is 10.0 Å². The molecule has 1 aromatic carbocycles. The number of rotatable bonds is 4. The van der Waals surface area contributed by atoms with E-state index in [1.807, 2.05) is 11.8 Å². The molecule has 0 aromatic heterocycles. The lowest BCUT2D eigenvalue weighted by molar-refractivity contribution is 0.479. The lowest BCUT2D eigenvalue weighted by Crippen LogP contribution is -2.25. The summed E-state index contributed by atoms with van der Waals surface area (Å²) in [5.74, 6) is 0.681. The van der Waals surface area contributed by atoms with E-state index in [0.29, 0.717) is 5.84 Å². The molecule has 0 aliphatic carbocycles. The molecule has 0 radical (unpaired) electrons. The molecule has 1 aromatic rings. The number of amidine groups is 1. The summed E-state index contributed by atoms with van der Waals surface area (Å²) in [5, 5.41) is 2.96. The Morgan fingerprint density at radius 1 is 1.32 bits per heavy atom. The van der Waals surface area contributed by atoms with Gasteiger partial charge in [0.25, 0.3) is 10.0 Å². The van der Waals surface area contributed by atoms with E-state index in [1.165, 1.54) is 0 Å². The first-order valence-electron chi connectivity index (χ1n) is 6.43. The van der Waals surface area contributed by atoms with Gasteiger partial charge in [0.05, 0.1) is 4.90 Å². The molecule has 0 saturated carbocycles. The Morgan fingerprint density at radius 3 is 2.58 bits per heavy atom. The van der Waals surface area contributed by atoms with Crippen molar-refractivity contribution in [2.24, 2.45) is 4.40 Å². The highest BCUT2D eigenvalue weighted by Crippen LogP contribution is 2.19. The minimum absolute atomic E-state index is 0.238. The third kappa shape index (κ3) is 3.07. The van der Waals surface area contributed by atoms with Crippen LogP contribution in [-0.4, -0.2) is 39.3 Å². The van der Waals surface area contributed by atoms with Gasteiger partial charge in [-0.05, 0) is 37.6 Å². The van der Waals surface area contributed by atoms with Gasteiger partial charge in [0.15, 0.2) is 0 Å². The van der Waals surface area contributed by atoms with Crippen molar-refractivity contribution >= 4 is 21.5 Å². The van der Waals surface area contributed by atoms with Gasteiger partial charge >= 0.3 is 0 Å². The van der Waals surface area contributed by atoms with Crippen LogP contribution in [0.3, 0.4) is 0 Å². The fourth-order valence-corrected chi connectivity index (χ4v) is 3.21. The molecule has 1 heterocycles. The van der Waals surface area contributed by atoms with Crippen molar-refractivity contribution in [3.05, 3.63) is 24.3 Å². The molecule has 104 valence electrons. The van der Waals surface area contributed by atoms with Crippen molar-refractivity contribution < 1.29 is 8.42 Å². The van der Waals surface area contributed by atoms with Gasteiger partial charge in [-0.2, -0.15) is 8.42 Å². The van der Waals surface area contributed by atoms with Crippen LogP contribution in [0.25, 0.3) is 0 Å². The molecule has 0 spiro atoms. The predicted octanol–water partition coefficient (Wildman–Crippen LogP) is 1.93. The van der Waals surface area contributed by atoms with E-state index in [-0.39, 0.29) is 4.90 Å². The number of nitrogens with zero attached hydrogens (tertiary/aromatic N) is 2. The highest BCUT2D eigenvalue weighted by Gasteiger charge is 2.21. The SMILES string of the molecule is CCN1CCC/C1=N/S(=O)(=O)c1ccc(NC)cc1. The maximum atomic E-state index is 12.2. The first-order valence-corrected chi connectivity index (χ1v) is 7.87. The molecular weight excluding hydrogens is 262 g/mol.